The van der Waals surface area contributed by atoms with Gasteiger partial charge in [0.05, 0.1) is 38.0 Å². The number of benzene rings is 1. The van der Waals surface area contributed by atoms with Gasteiger partial charge in [-0.1, -0.05) is 6.07 Å². The lowest BCUT2D eigenvalue weighted by molar-refractivity contribution is 0.355. The lowest BCUT2D eigenvalue weighted by Crippen LogP contribution is -2.18. The number of pyridine rings is 1. The first-order chi connectivity index (χ1) is 14.7. The zero-order chi connectivity index (χ0) is 20.7. The number of hydrogen-bond acceptors (Lipinski definition) is 7. The predicted octanol–water partition coefficient (Wildman–Crippen LogP) is 1.92. The Morgan fingerprint density at radius 3 is 2.70 bits per heavy atom. The van der Waals surface area contributed by atoms with E-state index in [-0.39, 0.29) is 5.69 Å². The highest BCUT2D eigenvalue weighted by Gasteiger charge is 2.15. The van der Waals surface area contributed by atoms with Crippen molar-refractivity contribution in [2.24, 2.45) is 0 Å². The van der Waals surface area contributed by atoms with Gasteiger partial charge < -0.3 is 14.5 Å². The molecule has 5 aromatic rings. The van der Waals surface area contributed by atoms with E-state index in [1.165, 1.54) is 0 Å². The van der Waals surface area contributed by atoms with Gasteiger partial charge in [-0.25, -0.2) is 14.8 Å². The van der Waals surface area contributed by atoms with Crippen molar-refractivity contribution in [1.29, 1.82) is 0 Å². The Morgan fingerprint density at radius 1 is 1.10 bits per heavy atom. The zero-order valence-electron chi connectivity index (χ0n) is 16.2. The third kappa shape index (κ3) is 2.85. The topological polar surface area (TPSA) is 113 Å². The van der Waals surface area contributed by atoms with Gasteiger partial charge in [-0.3, -0.25) is 14.1 Å². The predicted molar refractivity (Wildman–Crippen MR) is 109 cm³/mol. The molecule has 0 saturated heterocycles. The molecule has 0 amide bonds. The highest BCUT2D eigenvalue weighted by molar-refractivity contribution is 5.81. The molecule has 0 aliphatic heterocycles. The van der Waals surface area contributed by atoms with E-state index in [0.717, 1.165) is 11.1 Å². The number of nitrogens with one attached hydrogen (secondary N) is 1. The number of ether oxygens (including phenoxy) is 2. The van der Waals surface area contributed by atoms with Crippen molar-refractivity contribution in [2.45, 2.75) is 6.54 Å². The fraction of sp³-hybridized carbons (Fsp3) is 0.150. The van der Waals surface area contributed by atoms with E-state index >= 15 is 0 Å². The van der Waals surface area contributed by atoms with Crippen molar-refractivity contribution < 1.29 is 9.47 Å². The van der Waals surface area contributed by atoms with E-state index < -0.39 is 0 Å². The van der Waals surface area contributed by atoms with Gasteiger partial charge in [0.25, 0.3) is 0 Å². The van der Waals surface area contributed by atoms with Gasteiger partial charge >= 0.3 is 5.69 Å². The third-order valence-corrected chi connectivity index (χ3v) is 4.83. The molecular formula is C20H17N7O3. The molecule has 0 bridgehead atoms. The second-order valence-electron chi connectivity index (χ2n) is 6.60. The van der Waals surface area contributed by atoms with Gasteiger partial charge in [0, 0.05) is 24.5 Å². The summed E-state index contributed by atoms with van der Waals surface area (Å²) in [5.74, 6) is 1.54. The van der Waals surface area contributed by atoms with E-state index in [2.05, 4.69) is 24.9 Å². The number of imidazole rings is 2. The highest BCUT2D eigenvalue weighted by atomic mass is 16.5. The van der Waals surface area contributed by atoms with Gasteiger partial charge in [-0.05, 0) is 11.6 Å². The fourth-order valence-electron chi connectivity index (χ4n) is 3.37. The molecule has 150 valence electrons. The van der Waals surface area contributed by atoms with Crippen LogP contribution in [0.25, 0.3) is 28.1 Å². The van der Waals surface area contributed by atoms with Gasteiger partial charge in [0.1, 0.15) is 11.8 Å². The van der Waals surface area contributed by atoms with E-state index in [9.17, 15) is 4.79 Å². The molecule has 0 unspecified atom stereocenters. The van der Waals surface area contributed by atoms with E-state index in [1.807, 2.05) is 18.2 Å². The summed E-state index contributed by atoms with van der Waals surface area (Å²) in [6, 6.07) is 7.34. The Hall–Kier alpha value is -4.21. The summed E-state index contributed by atoms with van der Waals surface area (Å²) in [4.78, 5) is 32.8. The quantitative estimate of drug-likeness (QED) is 0.477. The molecule has 10 nitrogen and oxygen atoms in total. The molecule has 30 heavy (non-hydrogen) atoms. The number of aromatic nitrogens is 7. The molecule has 1 N–H and O–H groups in total. The molecule has 0 radical (unpaired) electrons. The second kappa shape index (κ2) is 6.99. The van der Waals surface area contributed by atoms with Crippen LogP contribution < -0.4 is 15.2 Å². The van der Waals surface area contributed by atoms with Crippen LogP contribution in [0.3, 0.4) is 0 Å². The van der Waals surface area contributed by atoms with Crippen molar-refractivity contribution in [3.63, 3.8) is 0 Å². The van der Waals surface area contributed by atoms with Crippen LogP contribution >= 0.6 is 0 Å². The summed E-state index contributed by atoms with van der Waals surface area (Å²) < 4.78 is 14.0. The first-order valence-electron chi connectivity index (χ1n) is 9.12. The largest absolute Gasteiger partial charge is 0.493 e. The number of fused-ring (bicyclic) bond motifs is 2. The molecule has 0 spiro atoms. The smallest absolute Gasteiger partial charge is 0.328 e. The van der Waals surface area contributed by atoms with Crippen LogP contribution in [0.4, 0.5) is 0 Å². The maximum atomic E-state index is 12.5. The lowest BCUT2D eigenvalue weighted by atomic mass is 10.2. The maximum absolute atomic E-state index is 12.5. The van der Waals surface area contributed by atoms with Crippen molar-refractivity contribution in [2.75, 3.05) is 14.2 Å². The molecule has 1 aromatic carbocycles. The summed E-state index contributed by atoms with van der Waals surface area (Å²) in [5.41, 5.74) is 3.14. The van der Waals surface area contributed by atoms with E-state index in [1.54, 1.807) is 54.3 Å². The van der Waals surface area contributed by atoms with Crippen LogP contribution in [0, 0.1) is 0 Å². The normalized spacial score (nSPS) is 11.3. The number of rotatable bonds is 5. The summed E-state index contributed by atoms with van der Waals surface area (Å²) in [5, 5.41) is 0. The monoisotopic (exact) mass is 403 g/mol. The van der Waals surface area contributed by atoms with E-state index in [4.69, 9.17) is 9.47 Å². The minimum atomic E-state index is -0.262. The van der Waals surface area contributed by atoms with Gasteiger partial charge in [-0.15, -0.1) is 0 Å². The van der Waals surface area contributed by atoms with Crippen molar-refractivity contribution in [3.05, 3.63) is 65.2 Å². The van der Waals surface area contributed by atoms with Crippen LogP contribution in [0.1, 0.15) is 5.56 Å². The minimum Gasteiger partial charge on any atom is -0.493 e. The average molecular weight is 403 g/mol. The fourth-order valence-corrected chi connectivity index (χ4v) is 3.37. The third-order valence-electron chi connectivity index (χ3n) is 4.83. The molecule has 10 heteroatoms. The van der Waals surface area contributed by atoms with Crippen LogP contribution in [0.5, 0.6) is 11.5 Å². The molecule has 4 aromatic heterocycles. The molecule has 0 aliphatic carbocycles. The van der Waals surface area contributed by atoms with Crippen molar-refractivity contribution in [3.8, 4) is 17.4 Å². The maximum Gasteiger partial charge on any atom is 0.328 e. The standard InChI is InChI=1S/C20H17N7O3/c1-29-16-6-13-15(7-17(16)30-2)27(11-23-13)19-22-9-14-18(25-19)26(20(28)24-14)10-12-4-3-5-21-8-12/h3-9,11H,10H2,1-2H3,(H,24,28). The Labute approximate surface area is 169 Å². The summed E-state index contributed by atoms with van der Waals surface area (Å²) in [6.07, 6.45) is 6.62. The Kier molecular flexibility index (Phi) is 4.16. The summed E-state index contributed by atoms with van der Waals surface area (Å²) in [7, 11) is 3.15. The molecule has 4 heterocycles. The molecule has 0 aliphatic rings. The Morgan fingerprint density at radius 2 is 1.93 bits per heavy atom. The molecule has 0 fully saturated rings. The average Bonchev–Trinajstić information content (AvgIpc) is 3.33. The number of nitrogens with zero attached hydrogens (tertiary/aromatic N) is 6. The first-order valence-corrected chi connectivity index (χ1v) is 9.12. The SMILES string of the molecule is COc1cc2ncn(-c3ncc4[nH]c(=O)n(Cc5cccnc5)c4n3)c2cc1OC. The summed E-state index contributed by atoms with van der Waals surface area (Å²) >= 11 is 0. The van der Waals surface area contributed by atoms with Gasteiger partial charge in [0.15, 0.2) is 17.1 Å². The molecule has 5 rings (SSSR count). The Balaban J connectivity index is 1.65. The van der Waals surface area contributed by atoms with Crippen molar-refractivity contribution in [1.82, 2.24) is 34.1 Å². The molecule has 0 saturated carbocycles. The number of aromatic amines is 1. The van der Waals surface area contributed by atoms with E-state index in [0.29, 0.717) is 40.7 Å². The van der Waals surface area contributed by atoms with Crippen LogP contribution in [-0.4, -0.2) is 48.3 Å². The first kappa shape index (κ1) is 17.9. The van der Waals surface area contributed by atoms with Gasteiger partial charge in [-0.2, -0.15) is 4.98 Å². The Bertz CT molecular complexity index is 1420. The number of H-pyrrole nitrogens is 1. The highest BCUT2D eigenvalue weighted by Crippen LogP contribution is 2.32. The minimum absolute atomic E-state index is 0.262. The molecular weight excluding hydrogens is 386 g/mol. The number of hydrogen-bond donors (Lipinski definition) is 1. The second-order valence-corrected chi connectivity index (χ2v) is 6.60. The molecule has 0 atom stereocenters. The summed E-state index contributed by atoms with van der Waals surface area (Å²) in [6.45, 7) is 0.346. The zero-order valence-corrected chi connectivity index (χ0v) is 16.2. The van der Waals surface area contributed by atoms with Crippen LogP contribution in [-0.2, 0) is 6.54 Å². The van der Waals surface area contributed by atoms with Gasteiger partial charge in [0.2, 0.25) is 5.95 Å². The van der Waals surface area contributed by atoms with Crippen molar-refractivity contribution >= 4 is 22.2 Å². The lowest BCUT2D eigenvalue weighted by Gasteiger charge is -2.08. The van der Waals surface area contributed by atoms with Crippen LogP contribution in [0.2, 0.25) is 0 Å². The number of methoxy groups -OCH3 is 2. The van der Waals surface area contributed by atoms with Crippen LogP contribution in [0.15, 0.2) is 54.0 Å².